The normalized spacial score (nSPS) is 25.6. The fraction of sp³-hybridized carbons (Fsp3) is 0.333. The molecule has 2 aliphatic rings. The Bertz CT molecular complexity index is 506. The van der Waals surface area contributed by atoms with Crippen molar-refractivity contribution in [2.24, 2.45) is 0 Å². The van der Waals surface area contributed by atoms with Crippen LogP contribution in [0.3, 0.4) is 0 Å². The molecule has 16 heavy (non-hydrogen) atoms. The van der Waals surface area contributed by atoms with E-state index in [-0.39, 0.29) is 5.41 Å². The van der Waals surface area contributed by atoms with Gasteiger partial charge in [-0.1, -0.05) is 72.9 Å². The van der Waals surface area contributed by atoms with Crippen LogP contribution in [-0.2, 0) is 5.41 Å². The number of hydrogen-bond acceptors (Lipinski definition) is 0. The van der Waals surface area contributed by atoms with Crippen molar-refractivity contribution in [3.63, 3.8) is 0 Å². The zero-order valence-electron chi connectivity index (χ0n) is 9.63. The highest BCUT2D eigenvalue weighted by Gasteiger charge is 2.38. The van der Waals surface area contributed by atoms with Gasteiger partial charge in [-0.25, -0.2) is 0 Å². The molecule has 1 aromatic rings. The molecule has 0 radical (unpaired) electrons. The van der Waals surface area contributed by atoms with Crippen LogP contribution in [0.5, 0.6) is 0 Å². The summed E-state index contributed by atoms with van der Waals surface area (Å²) in [6, 6.07) is 8.84. The molecule has 82 valence electrons. The third-order valence-electron chi connectivity index (χ3n) is 3.75. The van der Waals surface area contributed by atoms with Crippen LogP contribution < -0.4 is 0 Å². The molecule has 1 aromatic carbocycles. The molecule has 0 aliphatic heterocycles. The molecule has 0 N–H and O–H groups in total. The number of fused-ring (bicyclic) bond motifs is 3. The standard InChI is InChI=1S/C15H15I/c1-15(2)13-6-4-3-5-11(13)12-9-10(16)7-8-14(12)15/h3-6,8-10H,7H2,1-2H3. The topological polar surface area (TPSA) is 0 Å². The van der Waals surface area contributed by atoms with Gasteiger partial charge in [-0.2, -0.15) is 0 Å². The van der Waals surface area contributed by atoms with Crippen molar-refractivity contribution in [3.05, 3.63) is 53.1 Å². The maximum absolute atomic E-state index is 2.52. The third kappa shape index (κ3) is 1.33. The number of halogens is 1. The lowest BCUT2D eigenvalue weighted by molar-refractivity contribution is 0.655. The molecule has 1 atom stereocenters. The molecule has 0 heterocycles. The zero-order valence-corrected chi connectivity index (χ0v) is 11.8. The first-order valence-electron chi connectivity index (χ1n) is 5.77. The molecule has 1 unspecified atom stereocenters. The van der Waals surface area contributed by atoms with Crippen molar-refractivity contribution in [1.82, 2.24) is 0 Å². The van der Waals surface area contributed by atoms with Crippen LogP contribution in [0.15, 0.2) is 42.0 Å². The van der Waals surface area contributed by atoms with E-state index in [0.29, 0.717) is 3.92 Å². The van der Waals surface area contributed by atoms with Crippen LogP contribution in [-0.4, -0.2) is 3.92 Å². The van der Waals surface area contributed by atoms with Crippen molar-refractivity contribution in [2.45, 2.75) is 29.6 Å². The van der Waals surface area contributed by atoms with Gasteiger partial charge in [-0.05, 0) is 28.7 Å². The Morgan fingerprint density at radius 1 is 1.25 bits per heavy atom. The maximum atomic E-state index is 2.52. The summed E-state index contributed by atoms with van der Waals surface area (Å²) < 4.78 is 0.651. The highest BCUT2D eigenvalue weighted by atomic mass is 127. The minimum absolute atomic E-state index is 0.194. The van der Waals surface area contributed by atoms with Gasteiger partial charge in [0.05, 0.1) is 0 Å². The Hall–Kier alpha value is -0.570. The second kappa shape index (κ2) is 3.46. The van der Waals surface area contributed by atoms with Gasteiger partial charge < -0.3 is 0 Å². The Morgan fingerprint density at radius 3 is 2.81 bits per heavy atom. The minimum Gasteiger partial charge on any atom is -0.0785 e. The maximum Gasteiger partial charge on any atom is 0.0333 e. The summed E-state index contributed by atoms with van der Waals surface area (Å²) in [5, 5.41) is 0. The molecule has 0 saturated heterocycles. The van der Waals surface area contributed by atoms with Gasteiger partial charge in [0.15, 0.2) is 0 Å². The van der Waals surface area contributed by atoms with Crippen LogP contribution in [0.4, 0.5) is 0 Å². The average Bonchev–Trinajstić information content (AvgIpc) is 2.49. The largest absolute Gasteiger partial charge is 0.0785 e. The van der Waals surface area contributed by atoms with Crippen molar-refractivity contribution in [2.75, 3.05) is 0 Å². The number of alkyl halides is 1. The van der Waals surface area contributed by atoms with Gasteiger partial charge in [0, 0.05) is 9.34 Å². The van der Waals surface area contributed by atoms with Crippen LogP contribution in [0.2, 0.25) is 0 Å². The molecule has 1 heteroatoms. The number of benzene rings is 1. The van der Waals surface area contributed by atoms with Crippen molar-refractivity contribution < 1.29 is 0 Å². The van der Waals surface area contributed by atoms with E-state index in [1.54, 1.807) is 0 Å². The molecule has 0 nitrogen and oxygen atoms in total. The smallest absolute Gasteiger partial charge is 0.0333 e. The highest BCUT2D eigenvalue weighted by Crippen LogP contribution is 2.51. The summed E-state index contributed by atoms with van der Waals surface area (Å²) >= 11 is 2.52. The van der Waals surface area contributed by atoms with E-state index in [1.807, 2.05) is 0 Å². The first-order chi connectivity index (χ1) is 7.60. The second-order valence-electron chi connectivity index (χ2n) is 5.12. The summed E-state index contributed by atoms with van der Waals surface area (Å²) in [6.07, 6.45) is 6.05. The lowest BCUT2D eigenvalue weighted by Gasteiger charge is -2.24. The first kappa shape index (κ1) is 10.6. The Kier molecular flexibility index (Phi) is 2.29. The quantitative estimate of drug-likeness (QED) is 0.487. The van der Waals surface area contributed by atoms with E-state index >= 15 is 0 Å². The van der Waals surface area contributed by atoms with Gasteiger partial charge in [-0.3, -0.25) is 0 Å². The fourth-order valence-electron chi connectivity index (χ4n) is 2.91. The van der Waals surface area contributed by atoms with Crippen molar-refractivity contribution >= 4 is 28.2 Å². The molecular weight excluding hydrogens is 307 g/mol. The van der Waals surface area contributed by atoms with E-state index in [1.165, 1.54) is 28.7 Å². The van der Waals surface area contributed by atoms with E-state index in [2.05, 4.69) is 72.9 Å². The zero-order chi connectivity index (χ0) is 11.3. The summed E-state index contributed by atoms with van der Waals surface area (Å²) in [5.41, 5.74) is 6.13. The minimum atomic E-state index is 0.194. The summed E-state index contributed by atoms with van der Waals surface area (Å²) in [4.78, 5) is 0. The van der Waals surface area contributed by atoms with Gasteiger partial charge >= 0.3 is 0 Å². The fourth-order valence-corrected chi connectivity index (χ4v) is 3.53. The molecule has 0 saturated carbocycles. The Balaban J connectivity index is 2.29. The molecular formula is C15H15I. The predicted molar refractivity (Wildman–Crippen MR) is 78.0 cm³/mol. The SMILES string of the molecule is CC1(C)C2=CCC(I)C=C2c2ccccc21. The van der Waals surface area contributed by atoms with E-state index in [4.69, 9.17) is 0 Å². The van der Waals surface area contributed by atoms with Crippen LogP contribution in [0.25, 0.3) is 5.57 Å². The molecule has 0 spiro atoms. The monoisotopic (exact) mass is 322 g/mol. The van der Waals surface area contributed by atoms with Crippen molar-refractivity contribution in [3.8, 4) is 0 Å². The Morgan fingerprint density at radius 2 is 2.00 bits per heavy atom. The first-order valence-corrected chi connectivity index (χ1v) is 7.02. The molecule has 0 aromatic heterocycles. The molecule has 0 fully saturated rings. The molecule has 0 bridgehead atoms. The van der Waals surface area contributed by atoms with E-state index < -0.39 is 0 Å². The number of hydrogen-bond donors (Lipinski definition) is 0. The summed E-state index contributed by atoms with van der Waals surface area (Å²) in [5.74, 6) is 0. The summed E-state index contributed by atoms with van der Waals surface area (Å²) in [7, 11) is 0. The van der Waals surface area contributed by atoms with Crippen LogP contribution in [0, 0.1) is 0 Å². The van der Waals surface area contributed by atoms with Crippen LogP contribution in [0.1, 0.15) is 31.4 Å². The average molecular weight is 322 g/mol. The lowest BCUT2D eigenvalue weighted by atomic mass is 9.80. The third-order valence-corrected chi connectivity index (χ3v) is 4.62. The molecule has 3 rings (SSSR count). The van der Waals surface area contributed by atoms with Crippen LogP contribution >= 0.6 is 22.6 Å². The lowest BCUT2D eigenvalue weighted by Crippen LogP contribution is -2.16. The van der Waals surface area contributed by atoms with Gasteiger partial charge in [0.25, 0.3) is 0 Å². The van der Waals surface area contributed by atoms with Gasteiger partial charge in [0.2, 0.25) is 0 Å². The molecule has 2 aliphatic carbocycles. The van der Waals surface area contributed by atoms with E-state index in [9.17, 15) is 0 Å². The Labute approximate surface area is 111 Å². The second-order valence-corrected chi connectivity index (χ2v) is 6.72. The van der Waals surface area contributed by atoms with Crippen molar-refractivity contribution in [1.29, 1.82) is 0 Å². The van der Waals surface area contributed by atoms with Gasteiger partial charge in [0.1, 0.15) is 0 Å². The van der Waals surface area contributed by atoms with E-state index in [0.717, 1.165) is 0 Å². The highest BCUT2D eigenvalue weighted by molar-refractivity contribution is 14.1. The summed E-state index contributed by atoms with van der Waals surface area (Å²) in [6.45, 7) is 4.68. The van der Waals surface area contributed by atoms with Gasteiger partial charge in [-0.15, -0.1) is 0 Å². The number of allylic oxidation sites excluding steroid dienone is 4. The number of rotatable bonds is 0. The predicted octanol–water partition coefficient (Wildman–Crippen LogP) is 4.49. The molecule has 0 amide bonds.